The Labute approximate surface area is 98.6 Å². The fourth-order valence-electron chi connectivity index (χ4n) is 1.28. The molecule has 0 saturated carbocycles. The third-order valence-electron chi connectivity index (χ3n) is 2.00. The first kappa shape index (κ1) is 12.5. The van der Waals surface area contributed by atoms with Crippen molar-refractivity contribution >= 4 is 15.9 Å². The average Bonchev–Trinajstić information content (AvgIpc) is 2.19. The molecule has 3 nitrogen and oxygen atoms in total. The normalized spacial score (nSPS) is 12.5. The molecule has 84 valence electrons. The molecule has 1 unspecified atom stereocenters. The molecule has 15 heavy (non-hydrogen) atoms. The fraction of sp³-hybridized carbons (Fsp3) is 0.455. The van der Waals surface area contributed by atoms with Gasteiger partial charge in [0.05, 0.1) is 13.2 Å². The molecule has 0 spiro atoms. The van der Waals surface area contributed by atoms with E-state index in [0.29, 0.717) is 13.1 Å². The van der Waals surface area contributed by atoms with E-state index in [4.69, 9.17) is 9.84 Å². The number of benzene rings is 1. The predicted octanol–water partition coefficient (Wildman–Crippen LogP) is 1.93. The lowest BCUT2D eigenvalue weighted by atomic mass is 10.2. The van der Waals surface area contributed by atoms with E-state index >= 15 is 0 Å². The molecule has 1 aromatic rings. The second kappa shape index (κ2) is 6.10. The van der Waals surface area contributed by atoms with Crippen LogP contribution in [0.2, 0.25) is 0 Å². The van der Waals surface area contributed by atoms with Crippen LogP contribution in [0.3, 0.4) is 0 Å². The van der Waals surface area contributed by atoms with Crippen LogP contribution in [0, 0.1) is 0 Å². The summed E-state index contributed by atoms with van der Waals surface area (Å²) in [6.07, 6.45) is -0.327. The highest BCUT2D eigenvalue weighted by Gasteiger charge is 2.03. The maximum Gasteiger partial charge on any atom is 0.124 e. The molecule has 1 aromatic carbocycles. The SMILES string of the molecule is COc1cc(Br)ccc1CNCC(C)O. The van der Waals surface area contributed by atoms with Gasteiger partial charge in [0, 0.05) is 23.1 Å². The lowest BCUT2D eigenvalue weighted by Gasteiger charge is -2.11. The van der Waals surface area contributed by atoms with Gasteiger partial charge in [-0.2, -0.15) is 0 Å². The second-order valence-corrected chi connectivity index (χ2v) is 4.35. The van der Waals surface area contributed by atoms with Crippen molar-refractivity contribution in [3.63, 3.8) is 0 Å². The molecule has 0 aliphatic heterocycles. The first-order valence-corrected chi connectivity index (χ1v) is 5.64. The lowest BCUT2D eigenvalue weighted by molar-refractivity contribution is 0.191. The van der Waals surface area contributed by atoms with Crippen LogP contribution >= 0.6 is 15.9 Å². The van der Waals surface area contributed by atoms with Gasteiger partial charge < -0.3 is 15.2 Å². The number of hydrogen-bond donors (Lipinski definition) is 2. The van der Waals surface area contributed by atoms with E-state index in [1.165, 1.54) is 0 Å². The Morgan fingerprint density at radius 3 is 2.87 bits per heavy atom. The Kier molecular flexibility index (Phi) is 5.08. The highest BCUT2D eigenvalue weighted by Crippen LogP contribution is 2.23. The predicted molar refractivity (Wildman–Crippen MR) is 64.1 cm³/mol. The van der Waals surface area contributed by atoms with Crippen LogP contribution in [-0.4, -0.2) is 24.9 Å². The molecule has 0 aromatic heterocycles. The Bertz CT molecular complexity index is 315. The molecule has 2 N–H and O–H groups in total. The van der Waals surface area contributed by atoms with Gasteiger partial charge in [-0.1, -0.05) is 22.0 Å². The highest BCUT2D eigenvalue weighted by molar-refractivity contribution is 9.10. The van der Waals surface area contributed by atoms with Crippen LogP contribution in [0.25, 0.3) is 0 Å². The van der Waals surface area contributed by atoms with Crippen molar-refractivity contribution in [3.05, 3.63) is 28.2 Å². The standard InChI is InChI=1S/C11H16BrNO2/c1-8(14)6-13-7-9-3-4-10(12)5-11(9)15-2/h3-5,8,13-14H,6-7H2,1-2H3. The van der Waals surface area contributed by atoms with Gasteiger partial charge in [0.25, 0.3) is 0 Å². The van der Waals surface area contributed by atoms with Crippen LogP contribution in [0.5, 0.6) is 5.75 Å². The van der Waals surface area contributed by atoms with Gasteiger partial charge in [0.15, 0.2) is 0 Å². The first-order chi connectivity index (χ1) is 7.13. The van der Waals surface area contributed by atoms with E-state index in [2.05, 4.69) is 21.2 Å². The molecule has 0 aliphatic carbocycles. The molecule has 1 rings (SSSR count). The van der Waals surface area contributed by atoms with E-state index in [-0.39, 0.29) is 6.10 Å². The van der Waals surface area contributed by atoms with E-state index in [9.17, 15) is 0 Å². The molecule has 1 atom stereocenters. The average molecular weight is 274 g/mol. The number of aliphatic hydroxyl groups excluding tert-OH is 1. The van der Waals surface area contributed by atoms with Crippen LogP contribution in [0.1, 0.15) is 12.5 Å². The summed E-state index contributed by atoms with van der Waals surface area (Å²) < 4.78 is 6.25. The molecule has 0 fully saturated rings. The number of halogens is 1. The molecule has 0 aliphatic rings. The lowest BCUT2D eigenvalue weighted by Crippen LogP contribution is -2.24. The van der Waals surface area contributed by atoms with Gasteiger partial charge in [0.2, 0.25) is 0 Å². The van der Waals surface area contributed by atoms with Crippen molar-refractivity contribution in [2.24, 2.45) is 0 Å². The first-order valence-electron chi connectivity index (χ1n) is 4.84. The molecular formula is C11H16BrNO2. The zero-order valence-corrected chi connectivity index (χ0v) is 10.5. The van der Waals surface area contributed by atoms with Gasteiger partial charge in [-0.05, 0) is 19.1 Å². The van der Waals surface area contributed by atoms with Crippen LogP contribution in [0.4, 0.5) is 0 Å². The molecule has 0 bridgehead atoms. The maximum atomic E-state index is 9.10. The minimum Gasteiger partial charge on any atom is -0.496 e. The monoisotopic (exact) mass is 273 g/mol. The zero-order chi connectivity index (χ0) is 11.3. The Balaban J connectivity index is 2.60. The molecule has 0 heterocycles. The van der Waals surface area contributed by atoms with Gasteiger partial charge >= 0.3 is 0 Å². The summed E-state index contributed by atoms with van der Waals surface area (Å²) in [6.45, 7) is 3.03. The summed E-state index contributed by atoms with van der Waals surface area (Å²) in [5, 5.41) is 12.2. The third-order valence-corrected chi connectivity index (χ3v) is 2.50. The Hall–Kier alpha value is -0.580. The van der Waals surface area contributed by atoms with Gasteiger partial charge in [0.1, 0.15) is 5.75 Å². The Morgan fingerprint density at radius 1 is 1.53 bits per heavy atom. The zero-order valence-electron chi connectivity index (χ0n) is 8.96. The highest BCUT2D eigenvalue weighted by atomic mass is 79.9. The van der Waals surface area contributed by atoms with E-state index in [1.807, 2.05) is 18.2 Å². The maximum absolute atomic E-state index is 9.10. The second-order valence-electron chi connectivity index (χ2n) is 3.44. The molecule has 0 amide bonds. The van der Waals surface area contributed by atoms with E-state index in [1.54, 1.807) is 14.0 Å². The minimum atomic E-state index is -0.327. The minimum absolute atomic E-state index is 0.327. The number of ether oxygens (including phenoxy) is 1. The van der Waals surface area contributed by atoms with Crippen molar-refractivity contribution in [3.8, 4) is 5.75 Å². The van der Waals surface area contributed by atoms with Crippen LogP contribution in [-0.2, 0) is 6.54 Å². The van der Waals surface area contributed by atoms with Crippen molar-refractivity contribution < 1.29 is 9.84 Å². The van der Waals surface area contributed by atoms with Crippen molar-refractivity contribution in [1.82, 2.24) is 5.32 Å². The number of rotatable bonds is 5. The summed E-state index contributed by atoms with van der Waals surface area (Å²) in [6, 6.07) is 5.90. The van der Waals surface area contributed by atoms with E-state index < -0.39 is 0 Å². The number of methoxy groups -OCH3 is 1. The summed E-state index contributed by atoms with van der Waals surface area (Å²) in [5.41, 5.74) is 1.08. The summed E-state index contributed by atoms with van der Waals surface area (Å²) in [4.78, 5) is 0. The van der Waals surface area contributed by atoms with Crippen LogP contribution < -0.4 is 10.1 Å². The smallest absolute Gasteiger partial charge is 0.124 e. The van der Waals surface area contributed by atoms with Crippen molar-refractivity contribution in [2.75, 3.05) is 13.7 Å². The summed E-state index contributed by atoms with van der Waals surface area (Å²) in [5.74, 6) is 0.850. The number of nitrogens with one attached hydrogen (secondary N) is 1. The summed E-state index contributed by atoms with van der Waals surface area (Å²) >= 11 is 3.39. The number of hydrogen-bond acceptors (Lipinski definition) is 3. The van der Waals surface area contributed by atoms with Crippen molar-refractivity contribution in [1.29, 1.82) is 0 Å². The Morgan fingerprint density at radius 2 is 2.27 bits per heavy atom. The molecule has 0 radical (unpaired) electrons. The van der Waals surface area contributed by atoms with Crippen LogP contribution in [0.15, 0.2) is 22.7 Å². The third kappa shape index (κ3) is 4.20. The molecule has 4 heteroatoms. The largest absolute Gasteiger partial charge is 0.496 e. The van der Waals surface area contributed by atoms with Gasteiger partial charge in [-0.25, -0.2) is 0 Å². The molecular weight excluding hydrogens is 258 g/mol. The topological polar surface area (TPSA) is 41.5 Å². The fourth-order valence-corrected chi connectivity index (χ4v) is 1.62. The molecule has 0 saturated heterocycles. The van der Waals surface area contributed by atoms with Gasteiger partial charge in [-0.3, -0.25) is 0 Å². The van der Waals surface area contributed by atoms with Gasteiger partial charge in [-0.15, -0.1) is 0 Å². The quantitative estimate of drug-likeness (QED) is 0.862. The summed E-state index contributed by atoms with van der Waals surface area (Å²) in [7, 11) is 1.65. The van der Waals surface area contributed by atoms with E-state index in [0.717, 1.165) is 15.8 Å². The van der Waals surface area contributed by atoms with Crippen molar-refractivity contribution in [2.45, 2.75) is 19.6 Å². The number of aliphatic hydroxyl groups is 1.